The lowest BCUT2D eigenvalue weighted by atomic mass is 9.84. The topological polar surface area (TPSA) is 74.2 Å². The molecule has 0 saturated heterocycles. The maximum atomic E-state index is 13.0. The van der Waals surface area contributed by atoms with Crippen molar-refractivity contribution in [2.75, 3.05) is 0 Å². The van der Waals surface area contributed by atoms with Crippen molar-refractivity contribution in [1.82, 2.24) is 4.98 Å². The van der Waals surface area contributed by atoms with E-state index in [9.17, 15) is 4.39 Å². The van der Waals surface area contributed by atoms with E-state index in [1.54, 1.807) is 30.6 Å². The number of ether oxygens (including phenoxy) is 1. The number of nitrogens with zero attached hydrogens (tertiary/aromatic N) is 1. The Bertz CT molecular complexity index is 587. The summed E-state index contributed by atoms with van der Waals surface area (Å²) in [5.41, 5.74) is 12.8. The first-order chi connectivity index (χ1) is 8.62. The second kappa shape index (κ2) is 3.76. The summed E-state index contributed by atoms with van der Waals surface area (Å²) in [5.74, 6) is 0.251. The summed E-state index contributed by atoms with van der Waals surface area (Å²) in [5, 5.41) is 0. The van der Waals surface area contributed by atoms with Crippen LogP contribution >= 0.6 is 0 Å². The van der Waals surface area contributed by atoms with E-state index in [0.717, 1.165) is 5.56 Å². The van der Waals surface area contributed by atoms with Crippen molar-refractivity contribution >= 4 is 0 Å². The molecule has 0 saturated carbocycles. The molecule has 0 amide bonds. The van der Waals surface area contributed by atoms with Gasteiger partial charge >= 0.3 is 0 Å². The summed E-state index contributed by atoms with van der Waals surface area (Å²) in [6.07, 6.45) is 2.49. The molecule has 0 aliphatic carbocycles. The van der Waals surface area contributed by atoms with E-state index in [1.807, 2.05) is 0 Å². The van der Waals surface area contributed by atoms with Crippen LogP contribution in [0.4, 0.5) is 4.39 Å². The fourth-order valence-corrected chi connectivity index (χ4v) is 2.24. The number of nitrogens with two attached hydrogens (primary N) is 2. The predicted molar refractivity (Wildman–Crippen MR) is 64.2 cm³/mol. The molecule has 2 aromatic rings. The third kappa shape index (κ3) is 1.41. The van der Waals surface area contributed by atoms with Gasteiger partial charge < -0.3 is 10.5 Å². The second-order valence-corrected chi connectivity index (χ2v) is 4.29. The van der Waals surface area contributed by atoms with Crippen molar-refractivity contribution in [2.24, 2.45) is 11.5 Å². The summed E-state index contributed by atoms with van der Waals surface area (Å²) < 4.78 is 18.5. The highest BCUT2D eigenvalue weighted by Gasteiger charge is 2.45. The van der Waals surface area contributed by atoms with Crippen LogP contribution in [0.5, 0.6) is 5.75 Å². The average Bonchev–Trinajstić information content (AvgIpc) is 2.64. The molecule has 0 bridgehead atoms. The number of hydrogen-bond donors (Lipinski definition) is 2. The van der Waals surface area contributed by atoms with Crippen molar-refractivity contribution < 1.29 is 9.13 Å². The van der Waals surface area contributed by atoms with Crippen LogP contribution in [0.1, 0.15) is 11.1 Å². The van der Waals surface area contributed by atoms with E-state index >= 15 is 0 Å². The zero-order valence-corrected chi connectivity index (χ0v) is 9.51. The first kappa shape index (κ1) is 11.1. The van der Waals surface area contributed by atoms with Gasteiger partial charge in [0.2, 0.25) is 0 Å². The van der Waals surface area contributed by atoms with Gasteiger partial charge in [0, 0.05) is 11.8 Å². The number of halogens is 1. The molecule has 3 rings (SSSR count). The number of fused-ring (bicyclic) bond motifs is 1. The number of benzene rings is 1. The van der Waals surface area contributed by atoms with Crippen LogP contribution in [0.3, 0.4) is 0 Å². The zero-order chi connectivity index (χ0) is 12.8. The van der Waals surface area contributed by atoms with Crippen molar-refractivity contribution in [3.05, 3.63) is 59.7 Å². The van der Waals surface area contributed by atoms with Crippen LogP contribution in [0.15, 0.2) is 42.7 Å². The Morgan fingerprint density at radius 3 is 2.67 bits per heavy atom. The lowest BCUT2D eigenvalue weighted by Crippen LogP contribution is -2.52. The molecule has 0 spiro atoms. The molecule has 4 N–H and O–H groups in total. The van der Waals surface area contributed by atoms with Crippen LogP contribution < -0.4 is 16.2 Å². The first-order valence-electron chi connectivity index (χ1n) is 5.54. The highest BCUT2D eigenvalue weighted by atomic mass is 19.1. The largest absolute Gasteiger partial charge is 0.471 e. The quantitative estimate of drug-likeness (QED) is 0.789. The van der Waals surface area contributed by atoms with E-state index in [-0.39, 0.29) is 5.82 Å². The van der Waals surface area contributed by atoms with Crippen LogP contribution in [0, 0.1) is 5.82 Å². The predicted octanol–water partition coefficient (Wildman–Crippen LogP) is 1.10. The van der Waals surface area contributed by atoms with Gasteiger partial charge in [0.15, 0.2) is 6.23 Å². The van der Waals surface area contributed by atoms with Crippen LogP contribution in [-0.4, -0.2) is 11.2 Å². The molecule has 4 nitrogen and oxygen atoms in total. The summed E-state index contributed by atoms with van der Waals surface area (Å²) >= 11 is 0. The molecule has 1 aliphatic rings. The van der Waals surface area contributed by atoms with Gasteiger partial charge in [-0.15, -0.1) is 0 Å². The minimum absolute atomic E-state index is 0.315. The van der Waals surface area contributed by atoms with Crippen molar-refractivity contribution in [3.63, 3.8) is 0 Å². The molecule has 1 aromatic heterocycles. The van der Waals surface area contributed by atoms with Gasteiger partial charge in [0.1, 0.15) is 17.1 Å². The number of pyridine rings is 1. The Balaban J connectivity index is 2.17. The van der Waals surface area contributed by atoms with Gasteiger partial charge in [-0.25, -0.2) is 4.39 Å². The highest BCUT2D eigenvalue weighted by molar-refractivity contribution is 5.49. The minimum atomic E-state index is -0.980. The summed E-state index contributed by atoms with van der Waals surface area (Å²) in [6, 6.07) is 7.72. The third-order valence-corrected chi connectivity index (χ3v) is 3.25. The molecular weight excluding hydrogens is 233 g/mol. The van der Waals surface area contributed by atoms with Crippen LogP contribution in [0.25, 0.3) is 0 Å². The second-order valence-electron chi connectivity index (χ2n) is 4.29. The average molecular weight is 245 g/mol. The molecule has 0 radical (unpaired) electrons. The Labute approximate surface area is 103 Å². The third-order valence-electron chi connectivity index (χ3n) is 3.25. The van der Waals surface area contributed by atoms with Gasteiger partial charge in [-0.05, 0) is 23.8 Å². The number of hydrogen-bond acceptors (Lipinski definition) is 4. The normalized spacial score (nSPS) is 25.6. The SMILES string of the molecule is NC1Oc2cnccc2C1(N)c1ccc(F)cc1. The molecule has 2 atom stereocenters. The lowest BCUT2D eigenvalue weighted by molar-refractivity contribution is 0.177. The van der Waals surface area contributed by atoms with Crippen LogP contribution in [-0.2, 0) is 5.54 Å². The van der Waals surface area contributed by atoms with E-state index in [1.165, 1.54) is 12.1 Å². The van der Waals surface area contributed by atoms with Crippen molar-refractivity contribution in [2.45, 2.75) is 11.8 Å². The van der Waals surface area contributed by atoms with Gasteiger partial charge in [-0.3, -0.25) is 10.7 Å². The first-order valence-corrected chi connectivity index (χ1v) is 5.54. The Morgan fingerprint density at radius 2 is 1.94 bits per heavy atom. The monoisotopic (exact) mass is 245 g/mol. The molecule has 92 valence electrons. The molecule has 1 aliphatic heterocycles. The molecule has 1 aromatic carbocycles. The number of rotatable bonds is 1. The van der Waals surface area contributed by atoms with Gasteiger partial charge in [-0.1, -0.05) is 12.1 Å². The maximum Gasteiger partial charge on any atom is 0.174 e. The molecule has 2 heterocycles. The Hall–Kier alpha value is -1.98. The smallest absolute Gasteiger partial charge is 0.174 e. The summed E-state index contributed by atoms with van der Waals surface area (Å²) in [6.45, 7) is 0. The van der Waals surface area contributed by atoms with E-state index in [2.05, 4.69) is 4.98 Å². The van der Waals surface area contributed by atoms with E-state index < -0.39 is 11.8 Å². The van der Waals surface area contributed by atoms with Gasteiger partial charge in [0.25, 0.3) is 0 Å². The molecule has 0 fully saturated rings. The van der Waals surface area contributed by atoms with Gasteiger partial charge in [0.05, 0.1) is 6.20 Å². The summed E-state index contributed by atoms with van der Waals surface area (Å²) in [4.78, 5) is 3.97. The molecule has 18 heavy (non-hydrogen) atoms. The molecular formula is C13H12FN3O. The van der Waals surface area contributed by atoms with Crippen molar-refractivity contribution in [1.29, 1.82) is 0 Å². The Kier molecular flexibility index (Phi) is 2.33. The molecule has 5 heteroatoms. The van der Waals surface area contributed by atoms with E-state index in [0.29, 0.717) is 11.3 Å². The lowest BCUT2D eigenvalue weighted by Gasteiger charge is -2.28. The highest BCUT2D eigenvalue weighted by Crippen LogP contribution is 2.41. The van der Waals surface area contributed by atoms with Gasteiger partial charge in [-0.2, -0.15) is 0 Å². The summed E-state index contributed by atoms with van der Waals surface area (Å²) in [7, 11) is 0. The molecule has 2 unspecified atom stereocenters. The Morgan fingerprint density at radius 1 is 1.22 bits per heavy atom. The fourth-order valence-electron chi connectivity index (χ4n) is 2.24. The van der Waals surface area contributed by atoms with E-state index in [4.69, 9.17) is 16.2 Å². The van der Waals surface area contributed by atoms with Crippen LogP contribution in [0.2, 0.25) is 0 Å². The standard InChI is InChI=1S/C13H12FN3O/c14-9-3-1-8(2-4-9)13(16)10-5-6-17-7-11(10)18-12(13)15/h1-7,12H,15-16H2. The van der Waals surface area contributed by atoms with Crippen molar-refractivity contribution in [3.8, 4) is 5.75 Å². The number of aromatic nitrogens is 1. The minimum Gasteiger partial charge on any atom is -0.471 e. The fraction of sp³-hybridized carbons (Fsp3) is 0.154. The zero-order valence-electron chi connectivity index (χ0n) is 9.51. The maximum absolute atomic E-state index is 13.0.